The molecule has 0 fully saturated rings. The molecule has 4 nitrogen and oxygen atoms in total. The summed E-state index contributed by atoms with van der Waals surface area (Å²) >= 11 is 6.00. The van der Waals surface area contributed by atoms with E-state index in [-0.39, 0.29) is 5.56 Å². The Bertz CT molecular complexity index is 1200. The van der Waals surface area contributed by atoms with Gasteiger partial charge in [0.2, 0.25) is 0 Å². The highest BCUT2D eigenvalue weighted by atomic mass is 35.5. The highest BCUT2D eigenvalue weighted by Gasteiger charge is 2.19. The minimum atomic E-state index is -0.437. The molecule has 0 unspecified atom stereocenters. The number of aromatic nitrogens is 1. The van der Waals surface area contributed by atoms with Gasteiger partial charge in [0.25, 0.3) is 5.56 Å². The van der Waals surface area contributed by atoms with Gasteiger partial charge >= 0.3 is 0 Å². The molecule has 0 atom stereocenters. The summed E-state index contributed by atoms with van der Waals surface area (Å²) in [6.07, 6.45) is 4.41. The Balaban J connectivity index is 1.95. The third-order valence-corrected chi connectivity index (χ3v) is 4.50. The molecular weight excluding hydrogens is 362 g/mol. The van der Waals surface area contributed by atoms with Gasteiger partial charge in [0.05, 0.1) is 11.8 Å². The highest BCUT2D eigenvalue weighted by Crippen LogP contribution is 2.30. The molecule has 0 aliphatic carbocycles. The van der Waals surface area contributed by atoms with Gasteiger partial charge in [-0.2, -0.15) is 0 Å². The molecule has 0 saturated heterocycles. The molecule has 0 saturated carbocycles. The van der Waals surface area contributed by atoms with E-state index in [9.17, 15) is 9.59 Å². The fourth-order valence-corrected chi connectivity index (χ4v) is 3.15. The average molecular weight is 376 g/mol. The van der Waals surface area contributed by atoms with E-state index in [2.05, 4.69) is 4.98 Å². The van der Waals surface area contributed by atoms with Crippen molar-refractivity contribution in [2.24, 2.45) is 0 Å². The second-order valence-corrected chi connectivity index (χ2v) is 6.41. The SMILES string of the molecule is O=C(C=Cc1ccco1)c1c(-c2ccc(Cl)cc2)c2ccccc2[nH]c1=O. The molecule has 0 spiro atoms. The van der Waals surface area contributed by atoms with Crippen LogP contribution in [0.15, 0.2) is 82.2 Å². The summed E-state index contributed by atoms with van der Waals surface area (Å²) in [6, 6.07) is 17.9. The molecule has 1 N–H and O–H groups in total. The predicted octanol–water partition coefficient (Wildman–Crippen LogP) is 5.34. The zero-order valence-corrected chi connectivity index (χ0v) is 14.9. The first kappa shape index (κ1) is 17.1. The Kier molecular flexibility index (Phi) is 4.48. The van der Waals surface area contributed by atoms with E-state index in [1.54, 1.807) is 42.5 Å². The molecule has 2 heterocycles. The van der Waals surface area contributed by atoms with Gasteiger partial charge in [-0.25, -0.2) is 0 Å². The molecule has 0 aliphatic rings. The van der Waals surface area contributed by atoms with Crippen molar-refractivity contribution in [2.75, 3.05) is 0 Å². The quantitative estimate of drug-likeness (QED) is 0.387. The maximum atomic E-state index is 12.9. The molecule has 132 valence electrons. The number of hydrogen-bond acceptors (Lipinski definition) is 3. The summed E-state index contributed by atoms with van der Waals surface area (Å²) < 4.78 is 5.21. The van der Waals surface area contributed by atoms with Gasteiger partial charge < -0.3 is 9.40 Å². The number of carbonyl (C=O) groups excluding carboxylic acids is 1. The Hall–Kier alpha value is -3.37. The van der Waals surface area contributed by atoms with E-state index in [0.29, 0.717) is 21.9 Å². The lowest BCUT2D eigenvalue weighted by Gasteiger charge is -2.11. The van der Waals surface area contributed by atoms with Crippen LogP contribution in [0.2, 0.25) is 5.02 Å². The normalized spacial score (nSPS) is 11.3. The predicted molar refractivity (Wildman–Crippen MR) is 107 cm³/mol. The molecule has 27 heavy (non-hydrogen) atoms. The average Bonchev–Trinajstić information content (AvgIpc) is 3.19. The fraction of sp³-hybridized carbons (Fsp3) is 0. The number of rotatable bonds is 4. The zero-order chi connectivity index (χ0) is 18.8. The maximum Gasteiger partial charge on any atom is 0.260 e. The number of benzene rings is 2. The highest BCUT2D eigenvalue weighted by molar-refractivity contribution is 6.30. The van der Waals surface area contributed by atoms with Crippen LogP contribution < -0.4 is 5.56 Å². The van der Waals surface area contributed by atoms with Crippen LogP contribution in [0, 0.1) is 0 Å². The number of furan rings is 1. The van der Waals surface area contributed by atoms with E-state index in [1.165, 1.54) is 12.3 Å². The number of aromatic amines is 1. The number of halogens is 1. The molecule has 0 radical (unpaired) electrons. The lowest BCUT2D eigenvalue weighted by molar-refractivity contribution is 0.104. The Labute approximate surface area is 159 Å². The van der Waals surface area contributed by atoms with Gasteiger partial charge in [-0.3, -0.25) is 9.59 Å². The smallest absolute Gasteiger partial charge is 0.260 e. The summed E-state index contributed by atoms with van der Waals surface area (Å²) in [7, 11) is 0. The third kappa shape index (κ3) is 3.35. The molecule has 5 heteroatoms. The van der Waals surface area contributed by atoms with Crippen LogP contribution in [0.3, 0.4) is 0 Å². The van der Waals surface area contributed by atoms with Gasteiger partial charge in [-0.05, 0) is 48.0 Å². The van der Waals surface area contributed by atoms with Crippen molar-refractivity contribution < 1.29 is 9.21 Å². The minimum absolute atomic E-state index is 0.0822. The van der Waals surface area contributed by atoms with Crippen molar-refractivity contribution in [3.05, 3.63) is 99.7 Å². The van der Waals surface area contributed by atoms with E-state index in [1.807, 2.05) is 24.3 Å². The van der Waals surface area contributed by atoms with Crippen molar-refractivity contribution in [2.45, 2.75) is 0 Å². The van der Waals surface area contributed by atoms with Crippen LogP contribution in [0.1, 0.15) is 16.1 Å². The largest absolute Gasteiger partial charge is 0.465 e. The van der Waals surface area contributed by atoms with Gasteiger partial charge in [0.15, 0.2) is 5.78 Å². The molecule has 0 bridgehead atoms. The molecule has 2 aromatic heterocycles. The molecule has 0 aliphatic heterocycles. The Morgan fingerprint density at radius 2 is 1.78 bits per heavy atom. The molecule has 2 aromatic carbocycles. The molecule has 4 rings (SSSR count). The monoisotopic (exact) mass is 375 g/mol. The lowest BCUT2D eigenvalue weighted by Crippen LogP contribution is -2.18. The first-order valence-electron chi connectivity index (χ1n) is 8.30. The van der Waals surface area contributed by atoms with E-state index in [0.717, 1.165) is 10.9 Å². The first-order valence-corrected chi connectivity index (χ1v) is 8.68. The van der Waals surface area contributed by atoms with Crippen LogP contribution in [0.25, 0.3) is 28.1 Å². The summed E-state index contributed by atoms with van der Waals surface area (Å²) in [5.74, 6) is 0.136. The van der Waals surface area contributed by atoms with Gasteiger partial charge in [0.1, 0.15) is 5.76 Å². The lowest BCUT2D eigenvalue weighted by atomic mass is 9.94. The summed E-state index contributed by atoms with van der Waals surface area (Å²) in [5, 5.41) is 1.37. The summed E-state index contributed by atoms with van der Waals surface area (Å²) in [5.41, 5.74) is 1.64. The van der Waals surface area contributed by atoms with E-state index < -0.39 is 11.3 Å². The van der Waals surface area contributed by atoms with Crippen molar-refractivity contribution in [3.8, 4) is 11.1 Å². The number of carbonyl (C=O) groups is 1. The van der Waals surface area contributed by atoms with Crippen LogP contribution >= 0.6 is 11.6 Å². The van der Waals surface area contributed by atoms with Crippen LogP contribution in [-0.2, 0) is 0 Å². The minimum Gasteiger partial charge on any atom is -0.465 e. The van der Waals surface area contributed by atoms with Crippen LogP contribution in [0.5, 0.6) is 0 Å². The van der Waals surface area contributed by atoms with Crippen molar-refractivity contribution >= 4 is 34.4 Å². The van der Waals surface area contributed by atoms with E-state index >= 15 is 0 Å². The van der Waals surface area contributed by atoms with Gasteiger partial charge in [0, 0.05) is 21.5 Å². The number of H-pyrrole nitrogens is 1. The number of para-hydroxylation sites is 1. The first-order chi connectivity index (χ1) is 13.1. The van der Waals surface area contributed by atoms with Crippen LogP contribution in [0.4, 0.5) is 0 Å². The number of hydrogen-bond donors (Lipinski definition) is 1. The molecule has 4 aromatic rings. The number of pyridine rings is 1. The second-order valence-electron chi connectivity index (χ2n) is 5.97. The number of ketones is 1. The second kappa shape index (κ2) is 7.09. The van der Waals surface area contributed by atoms with Crippen LogP contribution in [-0.4, -0.2) is 10.8 Å². The number of nitrogens with one attached hydrogen (secondary N) is 1. The fourth-order valence-electron chi connectivity index (χ4n) is 3.02. The van der Waals surface area contributed by atoms with Gasteiger partial charge in [-0.15, -0.1) is 0 Å². The standard InChI is InChI=1S/C22H14ClNO3/c23-15-9-7-14(8-10-15)20-17-5-1-2-6-18(17)24-22(26)21(20)19(25)12-11-16-4-3-13-27-16/h1-13H,(H,24,26). The zero-order valence-electron chi connectivity index (χ0n) is 14.1. The Morgan fingerprint density at radius 1 is 1.00 bits per heavy atom. The number of allylic oxidation sites excluding steroid dienone is 1. The van der Waals surface area contributed by atoms with Crippen molar-refractivity contribution in [3.63, 3.8) is 0 Å². The summed E-state index contributed by atoms with van der Waals surface area (Å²) in [6.45, 7) is 0. The number of fused-ring (bicyclic) bond motifs is 1. The van der Waals surface area contributed by atoms with Crippen molar-refractivity contribution in [1.29, 1.82) is 0 Å². The summed E-state index contributed by atoms with van der Waals surface area (Å²) in [4.78, 5) is 28.4. The molecule has 0 amide bonds. The topological polar surface area (TPSA) is 63.1 Å². The Morgan fingerprint density at radius 3 is 2.52 bits per heavy atom. The third-order valence-electron chi connectivity index (χ3n) is 4.24. The van der Waals surface area contributed by atoms with Crippen molar-refractivity contribution in [1.82, 2.24) is 4.98 Å². The maximum absolute atomic E-state index is 12.9. The van der Waals surface area contributed by atoms with Gasteiger partial charge in [-0.1, -0.05) is 41.9 Å². The van der Waals surface area contributed by atoms with E-state index in [4.69, 9.17) is 16.0 Å². The molecular formula is C22H14ClNO3.